The Morgan fingerprint density at radius 3 is 2.75 bits per heavy atom. The minimum Gasteiger partial charge on any atom is -0.330 e. The average Bonchev–Trinajstić information content (AvgIpc) is 2.01. The molecular weight excluding hydrogens is 177 g/mol. The molecular formula is C9H11ClFN. The second-order valence-electron chi connectivity index (χ2n) is 2.73. The number of hydrogen-bond donors (Lipinski definition) is 1. The van der Waals surface area contributed by atoms with Crippen molar-refractivity contribution >= 4 is 11.6 Å². The summed E-state index contributed by atoms with van der Waals surface area (Å²) in [6.45, 7) is 2.43. The molecule has 0 aliphatic rings. The fourth-order valence-electron chi connectivity index (χ4n) is 1.11. The molecule has 0 radical (unpaired) electrons. The van der Waals surface area contributed by atoms with E-state index < -0.39 is 0 Å². The number of halogens is 2. The molecule has 0 aliphatic carbocycles. The van der Waals surface area contributed by atoms with Crippen LogP contribution in [-0.4, -0.2) is 6.54 Å². The Morgan fingerprint density at radius 1 is 1.50 bits per heavy atom. The zero-order valence-electron chi connectivity index (χ0n) is 6.90. The molecule has 0 bridgehead atoms. The fraction of sp³-hybridized carbons (Fsp3) is 0.333. The average molecular weight is 188 g/mol. The molecule has 0 heterocycles. The molecule has 0 atom stereocenters. The summed E-state index contributed by atoms with van der Waals surface area (Å²) >= 11 is 5.58. The molecule has 0 fully saturated rings. The van der Waals surface area contributed by atoms with E-state index >= 15 is 0 Å². The van der Waals surface area contributed by atoms with Crippen molar-refractivity contribution in [2.24, 2.45) is 5.73 Å². The Kier molecular flexibility index (Phi) is 3.06. The Balaban J connectivity index is 3.05. The molecule has 0 aromatic heterocycles. The van der Waals surface area contributed by atoms with Gasteiger partial charge in [0.15, 0.2) is 0 Å². The summed E-state index contributed by atoms with van der Waals surface area (Å²) in [5, 5.41) is 0.174. The second kappa shape index (κ2) is 3.87. The number of rotatable bonds is 2. The quantitative estimate of drug-likeness (QED) is 0.756. The van der Waals surface area contributed by atoms with Crippen molar-refractivity contribution in [2.75, 3.05) is 6.54 Å². The Hall–Kier alpha value is -0.600. The van der Waals surface area contributed by atoms with Crippen LogP contribution in [0.5, 0.6) is 0 Å². The van der Waals surface area contributed by atoms with Crippen molar-refractivity contribution in [1.82, 2.24) is 0 Å². The van der Waals surface area contributed by atoms with Crippen LogP contribution < -0.4 is 5.73 Å². The van der Waals surface area contributed by atoms with E-state index in [2.05, 4.69) is 0 Å². The van der Waals surface area contributed by atoms with Crippen molar-refractivity contribution in [2.45, 2.75) is 13.3 Å². The summed E-state index contributed by atoms with van der Waals surface area (Å²) in [5.41, 5.74) is 7.28. The molecule has 0 unspecified atom stereocenters. The monoisotopic (exact) mass is 187 g/mol. The molecule has 1 aromatic carbocycles. The van der Waals surface area contributed by atoms with Gasteiger partial charge in [-0.25, -0.2) is 4.39 Å². The first-order valence-electron chi connectivity index (χ1n) is 3.79. The summed E-state index contributed by atoms with van der Waals surface area (Å²) in [7, 11) is 0. The molecule has 0 saturated heterocycles. The van der Waals surface area contributed by atoms with Gasteiger partial charge >= 0.3 is 0 Å². The molecule has 0 saturated carbocycles. The van der Waals surface area contributed by atoms with Crippen LogP contribution in [0.2, 0.25) is 5.02 Å². The van der Waals surface area contributed by atoms with Crippen LogP contribution >= 0.6 is 11.6 Å². The lowest BCUT2D eigenvalue weighted by Crippen LogP contribution is -2.04. The van der Waals surface area contributed by atoms with E-state index in [9.17, 15) is 4.39 Å². The van der Waals surface area contributed by atoms with Gasteiger partial charge in [0.05, 0.1) is 5.02 Å². The molecule has 66 valence electrons. The molecule has 1 aromatic rings. The van der Waals surface area contributed by atoms with Crippen molar-refractivity contribution in [3.8, 4) is 0 Å². The van der Waals surface area contributed by atoms with Gasteiger partial charge in [0.25, 0.3) is 0 Å². The lowest BCUT2D eigenvalue weighted by molar-refractivity contribution is 0.625. The summed E-state index contributed by atoms with van der Waals surface area (Å²) < 4.78 is 12.9. The normalized spacial score (nSPS) is 10.3. The molecule has 12 heavy (non-hydrogen) atoms. The highest BCUT2D eigenvalue weighted by Crippen LogP contribution is 2.19. The van der Waals surface area contributed by atoms with E-state index in [1.165, 1.54) is 6.07 Å². The first-order chi connectivity index (χ1) is 5.65. The van der Waals surface area contributed by atoms with E-state index in [1.807, 2.05) is 6.92 Å². The summed E-state index contributed by atoms with van der Waals surface area (Å²) in [6.07, 6.45) is 0.694. The second-order valence-corrected chi connectivity index (χ2v) is 3.14. The zero-order valence-corrected chi connectivity index (χ0v) is 7.66. The topological polar surface area (TPSA) is 26.0 Å². The highest BCUT2D eigenvalue weighted by atomic mass is 35.5. The summed E-state index contributed by atoms with van der Waals surface area (Å²) in [5.74, 6) is -0.370. The van der Waals surface area contributed by atoms with Crippen LogP contribution in [0.25, 0.3) is 0 Å². The molecule has 0 spiro atoms. The van der Waals surface area contributed by atoms with Gasteiger partial charge in [-0.15, -0.1) is 0 Å². The molecule has 2 N–H and O–H groups in total. The van der Waals surface area contributed by atoms with Crippen LogP contribution in [-0.2, 0) is 6.42 Å². The largest absolute Gasteiger partial charge is 0.330 e. The van der Waals surface area contributed by atoms with Crippen LogP contribution in [0.3, 0.4) is 0 Å². The molecule has 0 aliphatic heterocycles. The predicted molar refractivity (Wildman–Crippen MR) is 48.9 cm³/mol. The smallest absolute Gasteiger partial charge is 0.142 e. The predicted octanol–water partition coefficient (Wildman–Crippen LogP) is 2.29. The van der Waals surface area contributed by atoms with Gasteiger partial charge in [0, 0.05) is 0 Å². The van der Waals surface area contributed by atoms with Gasteiger partial charge in [0.1, 0.15) is 5.82 Å². The molecule has 1 nitrogen and oxygen atoms in total. The van der Waals surface area contributed by atoms with Gasteiger partial charge < -0.3 is 5.73 Å². The fourth-order valence-corrected chi connectivity index (χ4v) is 1.33. The maximum absolute atomic E-state index is 12.9. The molecule has 0 amide bonds. The molecule has 3 heteroatoms. The number of nitrogens with two attached hydrogens (primary N) is 1. The highest BCUT2D eigenvalue weighted by molar-refractivity contribution is 6.30. The number of benzene rings is 1. The highest BCUT2D eigenvalue weighted by Gasteiger charge is 2.04. The maximum Gasteiger partial charge on any atom is 0.142 e. The Labute approximate surface area is 76.3 Å². The Morgan fingerprint density at radius 2 is 2.17 bits per heavy atom. The zero-order chi connectivity index (χ0) is 9.14. The summed E-state index contributed by atoms with van der Waals surface area (Å²) in [6, 6.07) is 3.08. The van der Waals surface area contributed by atoms with Crippen LogP contribution in [0.15, 0.2) is 12.1 Å². The van der Waals surface area contributed by atoms with E-state index in [0.717, 1.165) is 11.1 Å². The third-order valence-electron chi connectivity index (χ3n) is 1.79. The van der Waals surface area contributed by atoms with E-state index in [-0.39, 0.29) is 10.8 Å². The number of aryl methyl sites for hydroxylation is 1. The minimum atomic E-state index is -0.370. The SMILES string of the molecule is Cc1cc(Cl)c(F)cc1CCN. The van der Waals surface area contributed by atoms with Crippen LogP contribution in [0, 0.1) is 12.7 Å². The maximum atomic E-state index is 12.9. The lowest BCUT2D eigenvalue weighted by Gasteiger charge is -2.04. The minimum absolute atomic E-state index is 0.174. The lowest BCUT2D eigenvalue weighted by atomic mass is 10.1. The van der Waals surface area contributed by atoms with Gasteiger partial charge in [-0.2, -0.15) is 0 Å². The van der Waals surface area contributed by atoms with Crippen LogP contribution in [0.4, 0.5) is 4.39 Å². The first-order valence-corrected chi connectivity index (χ1v) is 4.17. The first kappa shape index (κ1) is 9.49. The standard InChI is InChI=1S/C9H11ClFN/c1-6-4-8(10)9(11)5-7(6)2-3-12/h4-5H,2-3,12H2,1H3. The van der Waals surface area contributed by atoms with Gasteiger partial charge in [0.2, 0.25) is 0 Å². The van der Waals surface area contributed by atoms with E-state index in [1.54, 1.807) is 6.07 Å². The number of hydrogen-bond acceptors (Lipinski definition) is 1. The Bertz CT molecular complexity index is 286. The van der Waals surface area contributed by atoms with Gasteiger partial charge in [-0.05, 0) is 43.1 Å². The molecule has 1 rings (SSSR count). The van der Waals surface area contributed by atoms with E-state index in [0.29, 0.717) is 13.0 Å². The van der Waals surface area contributed by atoms with E-state index in [4.69, 9.17) is 17.3 Å². The third-order valence-corrected chi connectivity index (χ3v) is 2.08. The van der Waals surface area contributed by atoms with Crippen molar-refractivity contribution in [3.05, 3.63) is 34.1 Å². The van der Waals surface area contributed by atoms with Crippen LogP contribution in [0.1, 0.15) is 11.1 Å². The van der Waals surface area contributed by atoms with Crippen molar-refractivity contribution in [3.63, 3.8) is 0 Å². The van der Waals surface area contributed by atoms with Crippen molar-refractivity contribution < 1.29 is 4.39 Å². The van der Waals surface area contributed by atoms with Gasteiger partial charge in [-0.3, -0.25) is 0 Å². The third kappa shape index (κ3) is 1.96. The summed E-state index contributed by atoms with van der Waals surface area (Å²) in [4.78, 5) is 0. The van der Waals surface area contributed by atoms with Gasteiger partial charge in [-0.1, -0.05) is 11.6 Å². The van der Waals surface area contributed by atoms with Crippen molar-refractivity contribution in [1.29, 1.82) is 0 Å².